The van der Waals surface area contributed by atoms with Crippen LogP contribution < -0.4 is 16.2 Å². The molecule has 1 amide bonds. The summed E-state index contributed by atoms with van der Waals surface area (Å²) in [5, 5.41) is 3.38. The van der Waals surface area contributed by atoms with Gasteiger partial charge in [-0.05, 0) is 24.4 Å². The van der Waals surface area contributed by atoms with Crippen molar-refractivity contribution in [2.24, 2.45) is 0 Å². The highest BCUT2D eigenvalue weighted by atomic mass is 35.5. The van der Waals surface area contributed by atoms with Crippen LogP contribution in [0.5, 0.6) is 0 Å². The normalized spacial score (nSPS) is 11.2. The Hall–Kier alpha value is -1.84. The van der Waals surface area contributed by atoms with Crippen LogP contribution in [0.4, 0.5) is 13.2 Å². The predicted molar refractivity (Wildman–Crippen MR) is 93.2 cm³/mol. The molecule has 0 aliphatic carbocycles. The summed E-state index contributed by atoms with van der Waals surface area (Å²) in [6.45, 7) is 3.91. The summed E-state index contributed by atoms with van der Waals surface area (Å²) in [7, 11) is 0. The third kappa shape index (κ3) is 4.16. The maximum absolute atomic E-state index is 12.7. The maximum atomic E-state index is 12.7. The average molecular weight is 394 g/mol. The van der Waals surface area contributed by atoms with Crippen molar-refractivity contribution in [1.82, 2.24) is 16.2 Å². The third-order valence-corrected chi connectivity index (χ3v) is 4.76. The van der Waals surface area contributed by atoms with Crippen molar-refractivity contribution in [2.45, 2.75) is 6.18 Å². The van der Waals surface area contributed by atoms with Gasteiger partial charge in [0.1, 0.15) is 4.88 Å². The molecule has 4 nitrogen and oxygen atoms in total. The van der Waals surface area contributed by atoms with Crippen LogP contribution in [0.2, 0.25) is 5.02 Å². The molecule has 0 saturated heterocycles. The summed E-state index contributed by atoms with van der Waals surface area (Å²) in [6, 6.07) is 3.14. The van der Waals surface area contributed by atoms with Gasteiger partial charge in [-0.25, -0.2) is 0 Å². The minimum Gasteiger partial charge on any atom is -0.358 e. The standard InChI is InChI=1S/C14H11ClF3N3OS2/c1-2-5-19-13(23)21-20-12(22)11-10(15)8-4-3-7(14(16,17)18)6-9(8)24-11/h2-4,6H,1,5H2,(H,20,22)(H2,19,21,23). The molecule has 1 aromatic carbocycles. The van der Waals surface area contributed by atoms with E-state index >= 15 is 0 Å². The summed E-state index contributed by atoms with van der Waals surface area (Å²) in [6.07, 6.45) is -2.88. The molecular formula is C14H11ClF3N3OS2. The van der Waals surface area contributed by atoms with Crippen molar-refractivity contribution in [1.29, 1.82) is 0 Å². The fraction of sp³-hybridized carbons (Fsp3) is 0.143. The second-order valence-electron chi connectivity index (χ2n) is 4.53. The summed E-state index contributed by atoms with van der Waals surface area (Å²) in [5.41, 5.74) is 4.00. The first-order valence-corrected chi connectivity index (χ1v) is 8.08. The monoisotopic (exact) mass is 393 g/mol. The van der Waals surface area contributed by atoms with Gasteiger partial charge in [0.05, 0.1) is 10.6 Å². The lowest BCUT2D eigenvalue weighted by Crippen LogP contribution is -2.46. The number of benzene rings is 1. The molecule has 0 radical (unpaired) electrons. The number of carbonyl (C=O) groups is 1. The number of hydrogen-bond acceptors (Lipinski definition) is 3. The quantitative estimate of drug-likeness (QED) is 0.421. The lowest BCUT2D eigenvalue weighted by Gasteiger charge is -2.09. The van der Waals surface area contributed by atoms with E-state index in [-0.39, 0.29) is 19.7 Å². The zero-order valence-electron chi connectivity index (χ0n) is 12.0. The van der Waals surface area contributed by atoms with Crippen molar-refractivity contribution < 1.29 is 18.0 Å². The predicted octanol–water partition coefficient (Wildman–Crippen LogP) is 3.87. The topological polar surface area (TPSA) is 53.2 Å². The zero-order valence-corrected chi connectivity index (χ0v) is 14.3. The molecule has 24 heavy (non-hydrogen) atoms. The SMILES string of the molecule is C=CCNC(=S)NNC(=O)c1sc2cc(C(F)(F)F)ccc2c1Cl. The molecule has 10 heteroatoms. The molecule has 2 aromatic rings. The average Bonchev–Trinajstić information content (AvgIpc) is 2.86. The lowest BCUT2D eigenvalue weighted by atomic mass is 10.1. The fourth-order valence-corrected chi connectivity index (χ4v) is 3.35. The van der Waals surface area contributed by atoms with Gasteiger partial charge in [-0.15, -0.1) is 17.9 Å². The van der Waals surface area contributed by atoms with Crippen LogP contribution in [0.25, 0.3) is 10.1 Å². The Balaban J connectivity index is 2.19. The summed E-state index contributed by atoms with van der Waals surface area (Å²) in [4.78, 5) is 12.2. The van der Waals surface area contributed by atoms with E-state index in [4.69, 9.17) is 23.8 Å². The Kier molecular flexibility index (Phi) is 5.68. The number of thiophene rings is 1. The van der Waals surface area contributed by atoms with Crippen molar-refractivity contribution in [3.63, 3.8) is 0 Å². The van der Waals surface area contributed by atoms with Crippen molar-refractivity contribution in [2.75, 3.05) is 6.54 Å². The van der Waals surface area contributed by atoms with Crippen LogP contribution >= 0.6 is 35.2 Å². The van der Waals surface area contributed by atoms with Crippen LogP contribution in [-0.2, 0) is 6.18 Å². The van der Waals surface area contributed by atoms with Gasteiger partial charge in [0.15, 0.2) is 5.11 Å². The lowest BCUT2D eigenvalue weighted by molar-refractivity contribution is -0.137. The van der Waals surface area contributed by atoms with E-state index in [0.717, 1.165) is 23.5 Å². The number of alkyl halides is 3. The van der Waals surface area contributed by atoms with E-state index in [1.807, 2.05) is 0 Å². The first-order chi connectivity index (χ1) is 11.2. The Labute approximate surface area is 149 Å². The molecule has 0 fully saturated rings. The van der Waals surface area contributed by atoms with Gasteiger partial charge in [0, 0.05) is 16.6 Å². The fourth-order valence-electron chi connectivity index (χ4n) is 1.77. The van der Waals surface area contributed by atoms with E-state index in [2.05, 4.69) is 22.7 Å². The highest BCUT2D eigenvalue weighted by Crippen LogP contribution is 2.39. The van der Waals surface area contributed by atoms with E-state index in [0.29, 0.717) is 11.9 Å². The van der Waals surface area contributed by atoms with E-state index in [9.17, 15) is 18.0 Å². The third-order valence-electron chi connectivity index (χ3n) is 2.86. The second kappa shape index (κ2) is 7.37. The summed E-state index contributed by atoms with van der Waals surface area (Å²) >= 11 is 11.9. The van der Waals surface area contributed by atoms with Crippen molar-refractivity contribution in [3.05, 3.63) is 46.3 Å². The number of halogens is 4. The molecule has 0 aliphatic heterocycles. The Morgan fingerprint density at radius 2 is 2.08 bits per heavy atom. The number of nitrogens with one attached hydrogen (secondary N) is 3. The molecule has 0 aliphatic rings. The van der Waals surface area contributed by atoms with Crippen LogP contribution in [0.15, 0.2) is 30.9 Å². The molecular weight excluding hydrogens is 383 g/mol. The highest BCUT2D eigenvalue weighted by Gasteiger charge is 2.31. The van der Waals surface area contributed by atoms with Gasteiger partial charge in [0.2, 0.25) is 0 Å². The molecule has 0 bridgehead atoms. The Morgan fingerprint density at radius 1 is 1.38 bits per heavy atom. The largest absolute Gasteiger partial charge is 0.416 e. The molecule has 0 spiro atoms. The molecule has 1 heterocycles. The van der Waals surface area contributed by atoms with Crippen LogP contribution in [0, 0.1) is 0 Å². The van der Waals surface area contributed by atoms with Crippen molar-refractivity contribution in [3.8, 4) is 0 Å². The first kappa shape index (κ1) is 18.5. The zero-order chi connectivity index (χ0) is 17.9. The van der Waals surface area contributed by atoms with Gasteiger partial charge in [-0.1, -0.05) is 23.7 Å². The molecule has 0 saturated carbocycles. The Morgan fingerprint density at radius 3 is 2.71 bits per heavy atom. The van der Waals surface area contributed by atoms with Crippen LogP contribution in [0.1, 0.15) is 15.2 Å². The molecule has 1 aromatic heterocycles. The van der Waals surface area contributed by atoms with E-state index < -0.39 is 17.6 Å². The minimum atomic E-state index is -4.46. The van der Waals surface area contributed by atoms with Crippen molar-refractivity contribution >= 4 is 56.3 Å². The van der Waals surface area contributed by atoms with E-state index in [1.54, 1.807) is 6.08 Å². The number of carbonyl (C=O) groups excluding carboxylic acids is 1. The van der Waals surface area contributed by atoms with Gasteiger partial charge in [-0.3, -0.25) is 15.6 Å². The number of fused-ring (bicyclic) bond motifs is 1. The van der Waals surface area contributed by atoms with Crippen LogP contribution in [0.3, 0.4) is 0 Å². The van der Waals surface area contributed by atoms with E-state index in [1.165, 1.54) is 6.07 Å². The minimum absolute atomic E-state index is 0.0880. The van der Waals surface area contributed by atoms with Gasteiger partial charge >= 0.3 is 6.18 Å². The van der Waals surface area contributed by atoms with Gasteiger partial charge < -0.3 is 5.32 Å². The molecule has 2 rings (SSSR count). The molecule has 128 valence electrons. The number of hydrazine groups is 1. The summed E-state index contributed by atoms with van der Waals surface area (Å²) < 4.78 is 38.5. The smallest absolute Gasteiger partial charge is 0.358 e. The maximum Gasteiger partial charge on any atom is 0.416 e. The molecule has 0 atom stereocenters. The highest BCUT2D eigenvalue weighted by molar-refractivity contribution is 7.80. The molecule has 3 N–H and O–H groups in total. The Bertz CT molecular complexity index is 804. The number of amides is 1. The van der Waals surface area contributed by atoms with Gasteiger partial charge in [-0.2, -0.15) is 13.2 Å². The van der Waals surface area contributed by atoms with Crippen LogP contribution in [-0.4, -0.2) is 17.6 Å². The first-order valence-electron chi connectivity index (χ1n) is 6.48. The summed E-state index contributed by atoms with van der Waals surface area (Å²) in [5.74, 6) is -0.600. The number of hydrogen-bond donors (Lipinski definition) is 3. The second-order valence-corrected chi connectivity index (χ2v) is 6.37. The molecule has 0 unspecified atom stereocenters. The van der Waals surface area contributed by atoms with Gasteiger partial charge in [0.25, 0.3) is 5.91 Å². The number of rotatable bonds is 3. The number of thiocarbonyl (C=S) groups is 1.